The molecule has 1 rings (SSSR count). The van der Waals surface area contributed by atoms with E-state index in [0.29, 0.717) is 12.7 Å². The van der Waals surface area contributed by atoms with Gasteiger partial charge in [0.15, 0.2) is 0 Å². The molecule has 0 aliphatic rings. The minimum Gasteiger partial charge on any atom is -0.398 e. The zero-order valence-corrected chi connectivity index (χ0v) is 11.1. The van der Waals surface area contributed by atoms with Crippen LogP contribution in [0.2, 0.25) is 0 Å². The van der Waals surface area contributed by atoms with Crippen molar-refractivity contribution in [3.63, 3.8) is 0 Å². The van der Waals surface area contributed by atoms with E-state index >= 15 is 0 Å². The van der Waals surface area contributed by atoms with E-state index in [0.717, 1.165) is 29.7 Å². The highest BCUT2D eigenvalue weighted by molar-refractivity contribution is 6.09. The van der Waals surface area contributed by atoms with E-state index in [4.69, 9.17) is 13.6 Å². The molecular formula is C14H22BNO. The summed E-state index contributed by atoms with van der Waals surface area (Å²) in [6.45, 7) is 5.73. The Kier molecular flexibility index (Phi) is 4.64. The predicted octanol–water partition coefficient (Wildman–Crippen LogP) is 2.20. The smallest absolute Gasteiger partial charge is 0.0717 e. The third kappa shape index (κ3) is 3.77. The van der Waals surface area contributed by atoms with Gasteiger partial charge in [0, 0.05) is 5.69 Å². The highest BCUT2D eigenvalue weighted by atomic mass is 16.3. The Bertz CT molecular complexity index is 383. The van der Waals surface area contributed by atoms with E-state index in [1.165, 1.54) is 5.56 Å². The molecule has 0 fully saturated rings. The second-order valence-electron chi connectivity index (χ2n) is 5.15. The van der Waals surface area contributed by atoms with Crippen LogP contribution >= 0.6 is 0 Å². The van der Waals surface area contributed by atoms with Crippen LogP contribution in [0.4, 0.5) is 5.69 Å². The molecule has 0 aromatic heterocycles. The Labute approximate surface area is 106 Å². The number of hydrogen-bond donors (Lipinski definition) is 2. The third-order valence-electron chi connectivity index (χ3n) is 3.14. The van der Waals surface area contributed by atoms with Gasteiger partial charge in [0.25, 0.3) is 0 Å². The molecule has 1 aromatic rings. The maximum Gasteiger partial charge on any atom is 0.0717 e. The van der Waals surface area contributed by atoms with E-state index < -0.39 is 5.60 Å². The summed E-state index contributed by atoms with van der Waals surface area (Å²) < 4.78 is 0. The molecular weight excluding hydrogens is 209 g/mol. The fourth-order valence-corrected chi connectivity index (χ4v) is 1.99. The molecule has 0 heterocycles. The normalized spacial score (nSPS) is 11.8. The Morgan fingerprint density at radius 2 is 1.88 bits per heavy atom. The number of hydrogen-bond acceptors (Lipinski definition) is 2. The summed E-state index contributed by atoms with van der Waals surface area (Å²) in [6.07, 6.45) is 2.91. The van der Waals surface area contributed by atoms with Gasteiger partial charge in [-0.05, 0) is 49.8 Å². The summed E-state index contributed by atoms with van der Waals surface area (Å²) in [5, 5.41) is 9.73. The molecule has 0 saturated carbocycles. The maximum atomic E-state index is 9.73. The minimum absolute atomic E-state index is 0.478. The van der Waals surface area contributed by atoms with Crippen molar-refractivity contribution in [2.24, 2.45) is 0 Å². The van der Waals surface area contributed by atoms with E-state index in [9.17, 15) is 5.11 Å². The first-order chi connectivity index (χ1) is 7.89. The molecule has 0 spiro atoms. The van der Waals surface area contributed by atoms with Crippen LogP contribution in [-0.4, -0.2) is 18.6 Å². The van der Waals surface area contributed by atoms with Crippen LogP contribution in [0.15, 0.2) is 12.1 Å². The molecule has 0 amide bonds. The summed E-state index contributed by atoms with van der Waals surface area (Å²) in [5.74, 6) is 0. The quantitative estimate of drug-likeness (QED) is 0.602. The van der Waals surface area contributed by atoms with Gasteiger partial charge in [-0.3, -0.25) is 0 Å². The lowest BCUT2D eigenvalue weighted by Gasteiger charge is -2.19. The Balaban J connectivity index is 2.95. The second kappa shape index (κ2) is 5.59. The molecule has 0 bridgehead atoms. The van der Waals surface area contributed by atoms with Gasteiger partial charge in [0.2, 0.25) is 0 Å². The Morgan fingerprint density at radius 3 is 2.35 bits per heavy atom. The van der Waals surface area contributed by atoms with Crippen molar-refractivity contribution in [1.29, 1.82) is 0 Å². The Hall–Kier alpha value is -0.955. The highest BCUT2D eigenvalue weighted by Gasteiger charge is 2.14. The van der Waals surface area contributed by atoms with Gasteiger partial charge in [0.05, 0.1) is 13.4 Å². The number of nitrogens with two attached hydrogens (primary N) is 1. The number of rotatable bonds is 5. The maximum absolute atomic E-state index is 9.73. The average molecular weight is 231 g/mol. The number of anilines is 1. The zero-order valence-electron chi connectivity index (χ0n) is 11.1. The first-order valence-corrected chi connectivity index (χ1v) is 6.20. The summed E-state index contributed by atoms with van der Waals surface area (Å²) in [5.41, 5.74) is 9.65. The number of benzene rings is 1. The molecule has 2 radical (unpaired) electrons. The SMILES string of the molecule is [B]Cc1c(CC)ccc(CCC(C)(C)O)c1N. The van der Waals surface area contributed by atoms with Crippen LogP contribution in [0, 0.1) is 0 Å². The molecule has 17 heavy (non-hydrogen) atoms. The Morgan fingerprint density at radius 1 is 1.29 bits per heavy atom. The van der Waals surface area contributed by atoms with Gasteiger partial charge in [-0.25, -0.2) is 0 Å². The van der Waals surface area contributed by atoms with Crippen LogP contribution in [0.1, 0.15) is 43.9 Å². The lowest BCUT2D eigenvalue weighted by Crippen LogP contribution is -2.19. The molecule has 0 unspecified atom stereocenters. The standard InChI is InChI=1S/C14H22BNO/c1-4-10-5-6-11(7-8-14(2,3)17)13(16)12(10)9-15/h5-6,17H,4,7-9,16H2,1-3H3. The minimum atomic E-state index is -0.654. The van der Waals surface area contributed by atoms with Gasteiger partial charge >= 0.3 is 0 Å². The predicted molar refractivity (Wildman–Crippen MR) is 74.3 cm³/mol. The lowest BCUT2D eigenvalue weighted by atomic mass is 9.87. The summed E-state index contributed by atoms with van der Waals surface area (Å²) in [7, 11) is 5.75. The van der Waals surface area contributed by atoms with Gasteiger partial charge in [-0.15, -0.1) is 0 Å². The van der Waals surface area contributed by atoms with Crippen molar-refractivity contribution in [1.82, 2.24) is 0 Å². The molecule has 3 N–H and O–H groups in total. The molecule has 0 saturated heterocycles. The zero-order chi connectivity index (χ0) is 13.1. The van der Waals surface area contributed by atoms with E-state index in [1.807, 2.05) is 13.8 Å². The van der Waals surface area contributed by atoms with Crippen molar-refractivity contribution in [3.05, 3.63) is 28.8 Å². The molecule has 0 aliphatic carbocycles. The number of aliphatic hydroxyl groups is 1. The van der Waals surface area contributed by atoms with Crippen molar-refractivity contribution in [2.45, 2.75) is 52.0 Å². The monoisotopic (exact) mass is 231 g/mol. The van der Waals surface area contributed by atoms with Crippen LogP contribution < -0.4 is 5.73 Å². The third-order valence-corrected chi connectivity index (χ3v) is 3.14. The fraction of sp³-hybridized carbons (Fsp3) is 0.571. The van der Waals surface area contributed by atoms with Gasteiger partial charge in [0.1, 0.15) is 0 Å². The van der Waals surface area contributed by atoms with Crippen LogP contribution in [-0.2, 0) is 19.2 Å². The van der Waals surface area contributed by atoms with E-state index in [2.05, 4.69) is 19.1 Å². The molecule has 0 aliphatic heterocycles. The largest absolute Gasteiger partial charge is 0.398 e. The van der Waals surface area contributed by atoms with Gasteiger partial charge in [-0.1, -0.05) is 25.4 Å². The van der Waals surface area contributed by atoms with Crippen molar-refractivity contribution >= 4 is 13.5 Å². The highest BCUT2D eigenvalue weighted by Crippen LogP contribution is 2.25. The lowest BCUT2D eigenvalue weighted by molar-refractivity contribution is 0.0714. The van der Waals surface area contributed by atoms with Crippen LogP contribution in [0.3, 0.4) is 0 Å². The topological polar surface area (TPSA) is 46.2 Å². The van der Waals surface area contributed by atoms with Crippen molar-refractivity contribution < 1.29 is 5.11 Å². The number of aryl methyl sites for hydroxylation is 2. The molecule has 0 atom stereocenters. The summed E-state index contributed by atoms with van der Waals surface area (Å²) in [6, 6.07) is 4.15. The van der Waals surface area contributed by atoms with Crippen molar-refractivity contribution in [2.75, 3.05) is 5.73 Å². The fourth-order valence-electron chi connectivity index (χ4n) is 1.99. The first kappa shape index (κ1) is 14.1. The van der Waals surface area contributed by atoms with Gasteiger partial charge in [-0.2, -0.15) is 0 Å². The van der Waals surface area contributed by atoms with E-state index in [1.54, 1.807) is 0 Å². The van der Waals surface area contributed by atoms with Crippen LogP contribution in [0.5, 0.6) is 0 Å². The second-order valence-corrected chi connectivity index (χ2v) is 5.15. The number of nitrogen functional groups attached to an aromatic ring is 1. The molecule has 3 heteroatoms. The van der Waals surface area contributed by atoms with Crippen molar-refractivity contribution in [3.8, 4) is 0 Å². The molecule has 92 valence electrons. The van der Waals surface area contributed by atoms with E-state index in [-0.39, 0.29) is 0 Å². The first-order valence-electron chi connectivity index (χ1n) is 6.20. The summed E-state index contributed by atoms with van der Waals surface area (Å²) >= 11 is 0. The van der Waals surface area contributed by atoms with Crippen LogP contribution in [0.25, 0.3) is 0 Å². The molecule has 1 aromatic carbocycles. The molecule has 2 nitrogen and oxygen atoms in total. The average Bonchev–Trinajstić information content (AvgIpc) is 2.25. The summed E-state index contributed by atoms with van der Waals surface area (Å²) in [4.78, 5) is 0. The van der Waals surface area contributed by atoms with Gasteiger partial charge < -0.3 is 10.8 Å².